The van der Waals surface area contributed by atoms with Crippen LogP contribution in [0.25, 0.3) is 6.08 Å². The average Bonchev–Trinajstić information content (AvgIpc) is 2.71. The third-order valence-electron chi connectivity index (χ3n) is 4.71. The number of rotatable bonds is 6. The van der Waals surface area contributed by atoms with Crippen LogP contribution < -0.4 is 10.1 Å². The Balaban J connectivity index is 1.46. The van der Waals surface area contributed by atoms with Crippen molar-refractivity contribution in [1.29, 1.82) is 0 Å². The summed E-state index contributed by atoms with van der Waals surface area (Å²) in [5.41, 5.74) is 1.66. The number of hydrogen-bond acceptors (Lipinski definition) is 5. The van der Waals surface area contributed by atoms with E-state index in [4.69, 9.17) is 4.74 Å². The Morgan fingerprint density at radius 1 is 1.30 bits per heavy atom. The van der Waals surface area contributed by atoms with E-state index in [1.165, 1.54) is 0 Å². The van der Waals surface area contributed by atoms with Gasteiger partial charge in [-0.3, -0.25) is 14.7 Å². The van der Waals surface area contributed by atoms with Crippen LogP contribution in [0.3, 0.4) is 0 Å². The fourth-order valence-corrected chi connectivity index (χ4v) is 3.14. The van der Waals surface area contributed by atoms with E-state index in [0.29, 0.717) is 18.5 Å². The molecular formula is C21H25N3O3. The summed E-state index contributed by atoms with van der Waals surface area (Å²) in [6.07, 6.45) is 7.45. The minimum absolute atomic E-state index is 0.172. The van der Waals surface area contributed by atoms with Gasteiger partial charge in [0.2, 0.25) is 0 Å². The maximum absolute atomic E-state index is 12.2. The smallest absolute Gasteiger partial charge is 0.251 e. The number of β-amino-alcohol motifs (C(OH)–C–C–N with tert-alkyl or cyclic N) is 1. The van der Waals surface area contributed by atoms with Gasteiger partial charge in [0.15, 0.2) is 0 Å². The van der Waals surface area contributed by atoms with Crippen LogP contribution in [0.5, 0.6) is 5.75 Å². The molecule has 2 atom stereocenters. The molecule has 1 saturated heterocycles. The van der Waals surface area contributed by atoms with Crippen LogP contribution in [0, 0.1) is 0 Å². The SMILES string of the molecule is COc1ccc(/C=C/CN2CC[C@H](NC(=O)c3ccncc3)[C@@H](O)C2)cc1. The number of aliphatic hydroxyl groups is 1. The Bertz CT molecular complexity index is 762. The molecule has 0 unspecified atom stereocenters. The maximum Gasteiger partial charge on any atom is 0.251 e. The van der Waals surface area contributed by atoms with Gasteiger partial charge in [0, 0.05) is 37.6 Å². The highest BCUT2D eigenvalue weighted by Gasteiger charge is 2.28. The van der Waals surface area contributed by atoms with Crippen molar-refractivity contribution >= 4 is 12.0 Å². The fraction of sp³-hybridized carbons (Fsp3) is 0.333. The van der Waals surface area contributed by atoms with Crippen molar-refractivity contribution in [2.45, 2.75) is 18.6 Å². The van der Waals surface area contributed by atoms with Gasteiger partial charge in [-0.2, -0.15) is 0 Å². The van der Waals surface area contributed by atoms with Crippen molar-refractivity contribution in [1.82, 2.24) is 15.2 Å². The van der Waals surface area contributed by atoms with Crippen LogP contribution in [0.1, 0.15) is 22.3 Å². The molecule has 3 rings (SSSR count). The quantitative estimate of drug-likeness (QED) is 0.817. The second-order valence-corrected chi connectivity index (χ2v) is 6.61. The highest BCUT2D eigenvalue weighted by atomic mass is 16.5. The first-order valence-electron chi connectivity index (χ1n) is 9.07. The second kappa shape index (κ2) is 9.30. The largest absolute Gasteiger partial charge is 0.497 e. The van der Waals surface area contributed by atoms with Crippen LogP contribution in [0.2, 0.25) is 0 Å². The van der Waals surface area contributed by atoms with E-state index in [0.717, 1.165) is 24.4 Å². The van der Waals surface area contributed by atoms with Crippen molar-refractivity contribution in [2.75, 3.05) is 26.7 Å². The van der Waals surface area contributed by atoms with Gasteiger partial charge >= 0.3 is 0 Å². The molecule has 2 heterocycles. The molecule has 0 aliphatic carbocycles. The number of likely N-dealkylation sites (tertiary alicyclic amines) is 1. The zero-order chi connectivity index (χ0) is 19.1. The highest BCUT2D eigenvalue weighted by Crippen LogP contribution is 2.14. The molecule has 1 amide bonds. The number of aliphatic hydroxyl groups excluding tert-OH is 1. The van der Waals surface area contributed by atoms with Gasteiger partial charge < -0.3 is 15.2 Å². The van der Waals surface area contributed by atoms with Crippen molar-refractivity contribution in [3.8, 4) is 5.75 Å². The topological polar surface area (TPSA) is 74.7 Å². The van der Waals surface area contributed by atoms with Crippen LogP contribution in [-0.2, 0) is 0 Å². The summed E-state index contributed by atoms with van der Waals surface area (Å²) in [4.78, 5) is 18.3. The van der Waals surface area contributed by atoms with E-state index in [1.807, 2.05) is 24.3 Å². The molecule has 1 aliphatic heterocycles. The number of amides is 1. The molecule has 27 heavy (non-hydrogen) atoms. The Morgan fingerprint density at radius 3 is 2.70 bits per heavy atom. The third kappa shape index (κ3) is 5.39. The first-order chi connectivity index (χ1) is 13.2. The molecule has 2 N–H and O–H groups in total. The van der Waals surface area contributed by atoms with E-state index in [-0.39, 0.29) is 11.9 Å². The number of piperidine rings is 1. The number of benzene rings is 1. The zero-order valence-corrected chi connectivity index (χ0v) is 15.4. The molecule has 6 heteroatoms. The maximum atomic E-state index is 12.2. The van der Waals surface area contributed by atoms with E-state index in [9.17, 15) is 9.90 Å². The molecular weight excluding hydrogens is 342 g/mol. The Kier molecular flexibility index (Phi) is 6.57. The first-order valence-corrected chi connectivity index (χ1v) is 9.07. The summed E-state index contributed by atoms with van der Waals surface area (Å²) in [6.45, 7) is 2.12. The molecule has 1 aromatic heterocycles. The van der Waals surface area contributed by atoms with Gasteiger partial charge in [-0.25, -0.2) is 0 Å². The molecule has 0 bridgehead atoms. The lowest BCUT2D eigenvalue weighted by molar-refractivity contribution is 0.0423. The van der Waals surface area contributed by atoms with Crippen molar-refractivity contribution in [3.05, 3.63) is 66.0 Å². The average molecular weight is 367 g/mol. The number of hydrogen-bond donors (Lipinski definition) is 2. The molecule has 0 saturated carbocycles. The van der Waals surface area contributed by atoms with Crippen molar-refractivity contribution in [2.24, 2.45) is 0 Å². The number of pyridine rings is 1. The number of nitrogens with zero attached hydrogens (tertiary/aromatic N) is 2. The summed E-state index contributed by atoms with van der Waals surface area (Å²) in [7, 11) is 1.65. The predicted octanol–water partition coefficient (Wildman–Crippen LogP) is 1.97. The van der Waals surface area contributed by atoms with Gasteiger partial charge in [-0.05, 0) is 36.2 Å². The molecule has 0 spiro atoms. The number of methoxy groups -OCH3 is 1. The van der Waals surface area contributed by atoms with Crippen LogP contribution >= 0.6 is 0 Å². The lowest BCUT2D eigenvalue weighted by Gasteiger charge is -2.35. The Labute approximate surface area is 159 Å². The van der Waals surface area contributed by atoms with E-state index >= 15 is 0 Å². The lowest BCUT2D eigenvalue weighted by atomic mass is 10.0. The summed E-state index contributed by atoms with van der Waals surface area (Å²) in [5.74, 6) is 0.667. The molecule has 142 valence electrons. The van der Waals surface area contributed by atoms with Gasteiger partial charge in [0.1, 0.15) is 5.75 Å². The first kappa shape index (κ1) is 19.1. The molecule has 6 nitrogen and oxygen atoms in total. The highest BCUT2D eigenvalue weighted by molar-refractivity contribution is 5.94. The van der Waals surface area contributed by atoms with Gasteiger partial charge in [0.25, 0.3) is 5.91 Å². The number of aromatic nitrogens is 1. The number of carbonyl (C=O) groups is 1. The monoisotopic (exact) mass is 367 g/mol. The zero-order valence-electron chi connectivity index (χ0n) is 15.4. The number of ether oxygens (including phenoxy) is 1. The predicted molar refractivity (Wildman–Crippen MR) is 105 cm³/mol. The van der Waals surface area contributed by atoms with Gasteiger partial charge in [-0.1, -0.05) is 24.3 Å². The van der Waals surface area contributed by atoms with Crippen LogP contribution in [-0.4, -0.2) is 59.8 Å². The summed E-state index contributed by atoms with van der Waals surface area (Å²) in [5, 5.41) is 13.3. The van der Waals surface area contributed by atoms with Crippen LogP contribution in [0.15, 0.2) is 54.9 Å². The van der Waals surface area contributed by atoms with Crippen molar-refractivity contribution < 1.29 is 14.6 Å². The Morgan fingerprint density at radius 2 is 2.04 bits per heavy atom. The van der Waals surface area contributed by atoms with Gasteiger partial charge in [-0.15, -0.1) is 0 Å². The molecule has 1 aromatic carbocycles. The lowest BCUT2D eigenvalue weighted by Crippen LogP contribution is -2.54. The second-order valence-electron chi connectivity index (χ2n) is 6.61. The summed E-state index contributed by atoms with van der Waals surface area (Å²) in [6, 6.07) is 11.0. The molecule has 1 aliphatic rings. The van der Waals surface area contributed by atoms with E-state index < -0.39 is 6.10 Å². The minimum Gasteiger partial charge on any atom is -0.497 e. The molecule has 2 aromatic rings. The van der Waals surface area contributed by atoms with Crippen LogP contribution in [0.4, 0.5) is 0 Å². The summed E-state index contributed by atoms with van der Waals surface area (Å²) >= 11 is 0. The van der Waals surface area contributed by atoms with E-state index in [1.54, 1.807) is 31.6 Å². The summed E-state index contributed by atoms with van der Waals surface area (Å²) < 4.78 is 5.15. The third-order valence-corrected chi connectivity index (χ3v) is 4.71. The minimum atomic E-state index is -0.584. The fourth-order valence-electron chi connectivity index (χ4n) is 3.14. The normalized spacial score (nSPS) is 20.5. The van der Waals surface area contributed by atoms with E-state index in [2.05, 4.69) is 27.4 Å². The van der Waals surface area contributed by atoms with Gasteiger partial charge in [0.05, 0.1) is 19.3 Å². The number of nitrogens with one attached hydrogen (secondary N) is 1. The standard InChI is InChI=1S/C21H25N3O3/c1-27-18-6-4-16(5-7-18)3-2-13-24-14-10-19(20(25)15-24)23-21(26)17-8-11-22-12-9-17/h2-9,11-12,19-20,25H,10,13-15H2,1H3,(H,23,26)/b3-2+/t19-,20-/m0/s1. The molecule has 0 radical (unpaired) electrons. The number of carbonyl (C=O) groups excluding carboxylic acids is 1. The molecule has 1 fully saturated rings. The Hall–Kier alpha value is -2.70. The van der Waals surface area contributed by atoms with Crippen molar-refractivity contribution in [3.63, 3.8) is 0 Å².